The zero-order chi connectivity index (χ0) is 16.1. The predicted molar refractivity (Wildman–Crippen MR) is 92.9 cm³/mol. The summed E-state index contributed by atoms with van der Waals surface area (Å²) in [5, 5.41) is 9.32. The van der Waals surface area contributed by atoms with Crippen molar-refractivity contribution in [1.29, 1.82) is 5.26 Å². The molecular formula is C17H12Br2FNO. The molecule has 0 aliphatic heterocycles. The van der Waals surface area contributed by atoms with Gasteiger partial charge in [-0.2, -0.15) is 5.26 Å². The van der Waals surface area contributed by atoms with Crippen LogP contribution in [-0.4, -0.2) is 6.61 Å². The lowest BCUT2D eigenvalue weighted by atomic mass is 10.0. The van der Waals surface area contributed by atoms with Crippen molar-refractivity contribution >= 4 is 43.5 Å². The first-order valence-corrected chi connectivity index (χ1v) is 8.13. The molecule has 0 saturated carbocycles. The quantitative estimate of drug-likeness (QED) is 0.458. The molecule has 0 radical (unpaired) electrons. The Hall–Kier alpha value is -1.64. The second-order valence-corrected chi connectivity index (χ2v) is 6.14. The normalized spacial score (nSPS) is 11.1. The van der Waals surface area contributed by atoms with Gasteiger partial charge in [0.1, 0.15) is 11.6 Å². The molecule has 22 heavy (non-hydrogen) atoms. The van der Waals surface area contributed by atoms with E-state index in [1.807, 2.05) is 19.1 Å². The smallest absolute Gasteiger partial charge is 0.147 e. The number of ether oxygens (including phenoxy) is 1. The lowest BCUT2D eigenvalue weighted by molar-refractivity contribution is 0.336. The molecule has 0 heterocycles. The van der Waals surface area contributed by atoms with Crippen molar-refractivity contribution in [3.05, 3.63) is 62.3 Å². The summed E-state index contributed by atoms with van der Waals surface area (Å²) < 4.78 is 20.4. The van der Waals surface area contributed by atoms with Gasteiger partial charge in [-0.1, -0.05) is 12.1 Å². The number of nitriles is 1. The minimum absolute atomic E-state index is 0.368. The molecule has 2 aromatic rings. The highest BCUT2D eigenvalue weighted by Crippen LogP contribution is 2.35. The van der Waals surface area contributed by atoms with E-state index in [9.17, 15) is 9.65 Å². The van der Waals surface area contributed by atoms with Crippen LogP contribution in [0.1, 0.15) is 18.1 Å². The first-order valence-electron chi connectivity index (χ1n) is 6.54. The lowest BCUT2D eigenvalue weighted by Crippen LogP contribution is -1.94. The number of allylic oxidation sites excluding steroid dienone is 1. The molecule has 5 heteroatoms. The van der Waals surface area contributed by atoms with E-state index in [0.717, 1.165) is 14.5 Å². The van der Waals surface area contributed by atoms with Crippen LogP contribution in [0, 0.1) is 17.1 Å². The van der Waals surface area contributed by atoms with Crippen LogP contribution in [-0.2, 0) is 0 Å². The number of rotatable bonds is 4. The summed E-state index contributed by atoms with van der Waals surface area (Å²) in [5.74, 6) is 0.344. The zero-order valence-corrected chi connectivity index (χ0v) is 14.9. The summed E-state index contributed by atoms with van der Waals surface area (Å²) in [4.78, 5) is 0. The second kappa shape index (κ2) is 7.57. The molecule has 0 amide bonds. The number of nitrogens with zero attached hydrogens (tertiary/aromatic N) is 1. The largest absolute Gasteiger partial charge is 0.492 e. The molecule has 0 aromatic heterocycles. The fourth-order valence-corrected chi connectivity index (χ4v) is 3.40. The molecule has 0 saturated heterocycles. The minimum Gasteiger partial charge on any atom is -0.492 e. The topological polar surface area (TPSA) is 33.0 Å². The van der Waals surface area contributed by atoms with Gasteiger partial charge >= 0.3 is 0 Å². The second-order valence-electron chi connectivity index (χ2n) is 4.43. The van der Waals surface area contributed by atoms with Gasteiger partial charge in [-0.05, 0) is 80.3 Å². The highest BCUT2D eigenvalue weighted by Gasteiger charge is 2.09. The average Bonchev–Trinajstić information content (AvgIpc) is 2.48. The monoisotopic (exact) mass is 423 g/mol. The van der Waals surface area contributed by atoms with Crippen molar-refractivity contribution in [3.8, 4) is 11.8 Å². The molecule has 0 spiro atoms. The van der Waals surface area contributed by atoms with Crippen LogP contribution in [0.25, 0.3) is 11.6 Å². The van der Waals surface area contributed by atoms with E-state index in [1.54, 1.807) is 18.2 Å². The molecule has 2 rings (SSSR count). The van der Waals surface area contributed by atoms with Crippen LogP contribution in [0.4, 0.5) is 4.39 Å². The van der Waals surface area contributed by atoms with Crippen LogP contribution in [0.5, 0.6) is 5.75 Å². The van der Waals surface area contributed by atoms with E-state index in [-0.39, 0.29) is 5.82 Å². The molecule has 0 N–H and O–H groups in total. The fraction of sp³-hybridized carbons (Fsp3) is 0.118. The van der Waals surface area contributed by atoms with Gasteiger partial charge in [0.2, 0.25) is 0 Å². The highest BCUT2D eigenvalue weighted by atomic mass is 79.9. The van der Waals surface area contributed by atoms with Crippen molar-refractivity contribution in [1.82, 2.24) is 0 Å². The Kier molecular flexibility index (Phi) is 5.76. The van der Waals surface area contributed by atoms with Gasteiger partial charge < -0.3 is 4.74 Å². The third-order valence-electron chi connectivity index (χ3n) is 2.88. The zero-order valence-electron chi connectivity index (χ0n) is 11.7. The van der Waals surface area contributed by atoms with Crippen LogP contribution in [0.15, 0.2) is 45.3 Å². The van der Waals surface area contributed by atoms with E-state index < -0.39 is 0 Å². The number of hydrogen-bond donors (Lipinski definition) is 0. The van der Waals surface area contributed by atoms with Gasteiger partial charge in [0, 0.05) is 0 Å². The van der Waals surface area contributed by atoms with Crippen molar-refractivity contribution in [2.45, 2.75) is 6.92 Å². The third kappa shape index (κ3) is 3.96. The summed E-state index contributed by atoms with van der Waals surface area (Å²) in [7, 11) is 0. The van der Waals surface area contributed by atoms with Gasteiger partial charge in [0.05, 0.1) is 27.2 Å². The van der Waals surface area contributed by atoms with Crippen LogP contribution in [0.2, 0.25) is 0 Å². The van der Waals surface area contributed by atoms with Gasteiger partial charge in [-0.25, -0.2) is 4.39 Å². The van der Waals surface area contributed by atoms with Crippen molar-refractivity contribution < 1.29 is 9.13 Å². The van der Waals surface area contributed by atoms with Crippen molar-refractivity contribution in [2.75, 3.05) is 6.61 Å². The predicted octanol–water partition coefficient (Wildman–Crippen LogP) is 5.81. The van der Waals surface area contributed by atoms with Crippen molar-refractivity contribution in [3.63, 3.8) is 0 Å². The maximum atomic E-state index is 13.3. The van der Waals surface area contributed by atoms with Crippen LogP contribution < -0.4 is 4.74 Å². The molecule has 2 aromatic carbocycles. The molecule has 0 bridgehead atoms. The minimum atomic E-state index is -0.368. The Morgan fingerprint density at radius 2 is 1.95 bits per heavy atom. The lowest BCUT2D eigenvalue weighted by Gasteiger charge is -2.09. The first-order chi connectivity index (χ1) is 10.5. The van der Waals surface area contributed by atoms with E-state index in [4.69, 9.17) is 4.74 Å². The molecule has 0 aliphatic carbocycles. The van der Waals surface area contributed by atoms with Gasteiger partial charge in [-0.15, -0.1) is 0 Å². The van der Waals surface area contributed by atoms with Gasteiger partial charge in [0.15, 0.2) is 0 Å². The van der Waals surface area contributed by atoms with E-state index in [1.165, 1.54) is 12.1 Å². The highest BCUT2D eigenvalue weighted by molar-refractivity contribution is 9.11. The summed E-state index contributed by atoms with van der Waals surface area (Å²) >= 11 is 6.90. The summed E-state index contributed by atoms with van der Waals surface area (Å²) in [6, 6.07) is 11.8. The van der Waals surface area contributed by atoms with E-state index in [2.05, 4.69) is 37.9 Å². The molecule has 0 aliphatic rings. The average molecular weight is 425 g/mol. The summed E-state index contributed by atoms with van der Waals surface area (Å²) in [5.41, 5.74) is 1.74. The maximum absolute atomic E-state index is 13.3. The Morgan fingerprint density at radius 3 is 2.50 bits per heavy atom. The SMILES string of the molecule is CCOc1c(Br)cc(/C=C(/C#N)c2cccc(F)c2)cc1Br. The maximum Gasteiger partial charge on any atom is 0.147 e. The Morgan fingerprint density at radius 1 is 1.27 bits per heavy atom. The molecule has 112 valence electrons. The van der Waals surface area contributed by atoms with Crippen LogP contribution >= 0.6 is 31.9 Å². The summed E-state index contributed by atoms with van der Waals surface area (Å²) in [6.07, 6.45) is 1.71. The Balaban J connectivity index is 2.45. The van der Waals surface area contributed by atoms with Gasteiger partial charge in [0.25, 0.3) is 0 Å². The standard InChI is InChI=1S/C17H12Br2FNO/c1-2-22-17-15(18)7-11(8-16(17)19)6-13(10-21)12-4-3-5-14(20)9-12/h3-9H,2H2,1H3/b13-6-. The molecule has 0 unspecified atom stereocenters. The summed E-state index contributed by atoms with van der Waals surface area (Å²) in [6.45, 7) is 2.46. The number of halogens is 3. The van der Waals surface area contributed by atoms with E-state index in [0.29, 0.717) is 23.5 Å². The third-order valence-corrected chi connectivity index (χ3v) is 4.05. The number of hydrogen-bond acceptors (Lipinski definition) is 2. The molecule has 0 atom stereocenters. The first kappa shape index (κ1) is 16.7. The van der Waals surface area contributed by atoms with Crippen molar-refractivity contribution in [2.24, 2.45) is 0 Å². The Bertz CT molecular complexity index is 742. The molecule has 0 fully saturated rings. The molecule has 2 nitrogen and oxygen atoms in total. The molecular weight excluding hydrogens is 413 g/mol. The Labute approximate surface area is 145 Å². The fourth-order valence-electron chi connectivity index (χ4n) is 1.95. The van der Waals surface area contributed by atoms with E-state index >= 15 is 0 Å². The number of benzene rings is 2. The van der Waals surface area contributed by atoms with Crippen LogP contribution in [0.3, 0.4) is 0 Å². The van der Waals surface area contributed by atoms with Gasteiger partial charge in [-0.3, -0.25) is 0 Å².